The number of hydrogen-bond acceptors (Lipinski definition) is 10. The number of imidazole rings is 1. The SMILES string of the molecule is CC(O)[C@H](NC(N)=O)C(=O)Nc1ncnc2c1ncn2[C@@H]1O[C@H](CO)[C@@H](O)[C@H]1O. The van der Waals surface area contributed by atoms with Crippen molar-refractivity contribution in [3.8, 4) is 0 Å². The van der Waals surface area contributed by atoms with Crippen LogP contribution in [0.2, 0.25) is 0 Å². The lowest BCUT2D eigenvalue weighted by Crippen LogP contribution is -2.51. The largest absolute Gasteiger partial charge is 0.394 e. The van der Waals surface area contributed by atoms with Gasteiger partial charge in [0.2, 0.25) is 0 Å². The van der Waals surface area contributed by atoms with E-state index < -0.39 is 55.2 Å². The number of aliphatic hydroxyl groups excluding tert-OH is 4. The van der Waals surface area contributed by atoms with Crippen molar-refractivity contribution in [1.29, 1.82) is 0 Å². The van der Waals surface area contributed by atoms with Crippen molar-refractivity contribution >= 4 is 28.9 Å². The summed E-state index contributed by atoms with van der Waals surface area (Å²) >= 11 is 0. The molecule has 1 aliphatic rings. The Bertz CT molecular complexity index is 904. The summed E-state index contributed by atoms with van der Waals surface area (Å²) in [5.74, 6) is -0.816. The van der Waals surface area contributed by atoms with E-state index in [0.29, 0.717) is 0 Å². The third kappa shape index (κ3) is 3.96. The van der Waals surface area contributed by atoms with Crippen LogP contribution in [0.15, 0.2) is 12.7 Å². The molecule has 0 saturated carbocycles. The zero-order chi connectivity index (χ0) is 21.3. The van der Waals surface area contributed by atoms with Crippen LogP contribution < -0.4 is 16.4 Å². The van der Waals surface area contributed by atoms with Gasteiger partial charge in [-0.1, -0.05) is 0 Å². The van der Waals surface area contributed by atoms with E-state index in [1.54, 1.807) is 0 Å². The number of anilines is 1. The molecule has 8 N–H and O–H groups in total. The highest BCUT2D eigenvalue weighted by molar-refractivity contribution is 6.01. The fraction of sp³-hybridized carbons (Fsp3) is 0.533. The number of ether oxygens (including phenoxy) is 1. The molecule has 29 heavy (non-hydrogen) atoms. The zero-order valence-electron chi connectivity index (χ0n) is 15.2. The molecule has 0 aromatic carbocycles. The molecule has 1 saturated heterocycles. The van der Waals surface area contributed by atoms with Crippen molar-refractivity contribution in [2.24, 2.45) is 5.73 Å². The fourth-order valence-corrected chi connectivity index (χ4v) is 2.99. The number of nitrogens with one attached hydrogen (secondary N) is 2. The molecule has 0 aliphatic carbocycles. The van der Waals surface area contributed by atoms with E-state index in [1.165, 1.54) is 17.8 Å². The number of rotatable bonds is 6. The Hall–Kier alpha value is -2.91. The molecule has 1 fully saturated rings. The van der Waals surface area contributed by atoms with Crippen LogP contribution >= 0.6 is 0 Å². The van der Waals surface area contributed by atoms with Gasteiger partial charge in [0, 0.05) is 0 Å². The van der Waals surface area contributed by atoms with E-state index in [1.807, 2.05) is 0 Å². The summed E-state index contributed by atoms with van der Waals surface area (Å²) in [5, 5.41) is 43.6. The topological polar surface area (TPSA) is 218 Å². The summed E-state index contributed by atoms with van der Waals surface area (Å²) in [7, 11) is 0. The summed E-state index contributed by atoms with van der Waals surface area (Å²) < 4.78 is 6.78. The molecule has 3 amide bonds. The predicted molar refractivity (Wildman–Crippen MR) is 95.2 cm³/mol. The smallest absolute Gasteiger partial charge is 0.312 e. The van der Waals surface area contributed by atoms with Gasteiger partial charge in [-0.3, -0.25) is 9.36 Å². The van der Waals surface area contributed by atoms with Crippen LogP contribution in [-0.2, 0) is 9.53 Å². The number of nitrogens with two attached hydrogens (primary N) is 1. The number of aromatic nitrogens is 4. The van der Waals surface area contributed by atoms with Gasteiger partial charge in [0.25, 0.3) is 5.91 Å². The van der Waals surface area contributed by atoms with Gasteiger partial charge in [-0.05, 0) is 6.92 Å². The molecule has 1 aliphatic heterocycles. The molecule has 1 unspecified atom stereocenters. The highest BCUT2D eigenvalue weighted by atomic mass is 16.6. The van der Waals surface area contributed by atoms with E-state index in [4.69, 9.17) is 10.5 Å². The maximum Gasteiger partial charge on any atom is 0.312 e. The first kappa shape index (κ1) is 20.8. The van der Waals surface area contributed by atoms with E-state index in [0.717, 1.165) is 6.33 Å². The third-order valence-corrected chi connectivity index (χ3v) is 4.45. The van der Waals surface area contributed by atoms with Gasteiger partial charge >= 0.3 is 6.03 Å². The van der Waals surface area contributed by atoms with Crippen LogP contribution in [0.5, 0.6) is 0 Å². The molecule has 0 radical (unpaired) electrons. The average molecular weight is 411 g/mol. The summed E-state index contributed by atoms with van der Waals surface area (Å²) in [4.78, 5) is 35.6. The maximum absolute atomic E-state index is 12.4. The van der Waals surface area contributed by atoms with Crippen LogP contribution in [0.3, 0.4) is 0 Å². The average Bonchev–Trinajstić information content (AvgIpc) is 3.21. The number of hydrogen-bond donors (Lipinski definition) is 7. The second-order valence-corrected chi connectivity index (χ2v) is 6.49. The van der Waals surface area contributed by atoms with Crippen LogP contribution in [0, 0.1) is 0 Å². The van der Waals surface area contributed by atoms with Gasteiger partial charge in [-0.25, -0.2) is 19.7 Å². The third-order valence-electron chi connectivity index (χ3n) is 4.45. The summed E-state index contributed by atoms with van der Waals surface area (Å²) in [6, 6.07) is -2.33. The molecule has 3 heterocycles. The van der Waals surface area contributed by atoms with Gasteiger partial charge in [-0.2, -0.15) is 0 Å². The molecule has 2 aromatic heterocycles. The van der Waals surface area contributed by atoms with Gasteiger partial charge in [0.05, 0.1) is 19.0 Å². The first-order valence-electron chi connectivity index (χ1n) is 8.59. The Morgan fingerprint density at radius 2 is 2.03 bits per heavy atom. The molecular formula is C15H21N7O7. The quantitative estimate of drug-likeness (QED) is 0.252. The molecule has 158 valence electrons. The lowest BCUT2D eigenvalue weighted by Gasteiger charge is -2.19. The Morgan fingerprint density at radius 1 is 1.31 bits per heavy atom. The van der Waals surface area contributed by atoms with Gasteiger partial charge in [0.1, 0.15) is 30.7 Å². The number of nitrogens with zero attached hydrogens (tertiary/aromatic N) is 4. The first-order valence-corrected chi connectivity index (χ1v) is 8.59. The highest BCUT2D eigenvalue weighted by Crippen LogP contribution is 2.32. The summed E-state index contributed by atoms with van der Waals surface area (Å²) in [6.45, 7) is 0.803. The summed E-state index contributed by atoms with van der Waals surface area (Å²) in [6.07, 6.45) is -3.57. The normalized spacial score (nSPS) is 26.2. The van der Waals surface area contributed by atoms with Gasteiger partial charge < -0.3 is 41.5 Å². The van der Waals surface area contributed by atoms with E-state index in [-0.39, 0.29) is 17.0 Å². The Balaban J connectivity index is 1.89. The number of carbonyl (C=O) groups excluding carboxylic acids is 2. The first-order chi connectivity index (χ1) is 13.7. The maximum atomic E-state index is 12.4. The monoisotopic (exact) mass is 411 g/mol. The van der Waals surface area contributed by atoms with Gasteiger partial charge in [0.15, 0.2) is 23.2 Å². The van der Waals surface area contributed by atoms with E-state index >= 15 is 0 Å². The van der Waals surface area contributed by atoms with Crippen LogP contribution in [0.1, 0.15) is 13.2 Å². The zero-order valence-corrected chi connectivity index (χ0v) is 15.2. The van der Waals surface area contributed by atoms with E-state index in [9.17, 15) is 30.0 Å². The standard InChI is InChI=1S/C15H21N7O7/c1-5(24)7(20-15(16)28)13(27)21-11-8-12(18-3-17-11)22(4-19-8)14-10(26)9(25)6(2-23)29-14/h3-7,9-10,14,23-26H,2H2,1H3,(H3,16,20,28)(H,17,18,21,27)/t5?,6-,7+,9-,10-,14-/m1/s1. The molecule has 0 spiro atoms. The van der Waals surface area contributed by atoms with Crippen LogP contribution in [-0.4, -0.2) is 88.9 Å². The molecule has 3 rings (SSSR count). The molecule has 6 atom stereocenters. The second-order valence-electron chi connectivity index (χ2n) is 6.49. The van der Waals surface area contributed by atoms with Crippen molar-refractivity contribution in [3.63, 3.8) is 0 Å². The molecule has 14 heteroatoms. The number of primary amides is 1. The summed E-state index contributed by atoms with van der Waals surface area (Å²) in [5.41, 5.74) is 5.31. The fourth-order valence-electron chi connectivity index (χ4n) is 2.99. The Kier molecular flexibility index (Phi) is 5.90. The minimum Gasteiger partial charge on any atom is -0.394 e. The molecular weight excluding hydrogens is 390 g/mol. The lowest BCUT2D eigenvalue weighted by atomic mass is 10.1. The van der Waals surface area contributed by atoms with Crippen molar-refractivity contribution in [2.75, 3.05) is 11.9 Å². The number of aliphatic hydroxyl groups is 4. The van der Waals surface area contributed by atoms with Crippen molar-refractivity contribution in [1.82, 2.24) is 24.8 Å². The number of fused-ring (bicyclic) bond motifs is 1. The molecule has 0 bridgehead atoms. The molecule has 14 nitrogen and oxygen atoms in total. The highest BCUT2D eigenvalue weighted by Gasteiger charge is 2.44. The van der Waals surface area contributed by atoms with E-state index in [2.05, 4.69) is 25.6 Å². The van der Waals surface area contributed by atoms with Crippen molar-refractivity contribution < 1.29 is 34.8 Å². The Morgan fingerprint density at radius 3 is 2.62 bits per heavy atom. The number of amides is 3. The minimum absolute atomic E-state index is 0.0255. The number of urea groups is 1. The van der Waals surface area contributed by atoms with Crippen molar-refractivity contribution in [3.05, 3.63) is 12.7 Å². The predicted octanol–water partition coefficient (Wildman–Crippen LogP) is -3.21. The molecule has 2 aromatic rings. The van der Waals surface area contributed by atoms with Gasteiger partial charge in [-0.15, -0.1) is 0 Å². The lowest BCUT2D eigenvalue weighted by molar-refractivity contribution is -0.120. The Labute approximate surface area is 163 Å². The number of carbonyl (C=O) groups is 2. The van der Waals surface area contributed by atoms with Crippen LogP contribution in [0.4, 0.5) is 10.6 Å². The van der Waals surface area contributed by atoms with Crippen LogP contribution in [0.25, 0.3) is 11.2 Å². The second kappa shape index (κ2) is 8.22. The minimum atomic E-state index is -1.35. The van der Waals surface area contributed by atoms with Crippen molar-refractivity contribution in [2.45, 2.75) is 43.6 Å².